The number of hydrogen-bond donors (Lipinski definition) is 1. The molecule has 2 aromatic heterocycles. The fraction of sp³-hybridized carbons (Fsp3) is 0.0909. The van der Waals surface area contributed by atoms with Crippen LogP contribution in [0.15, 0.2) is 24.5 Å². The lowest BCUT2D eigenvalue weighted by atomic mass is 10.2. The Bertz CT molecular complexity index is 807. The smallest absolute Gasteiger partial charge is 0.248 e. The minimum Gasteiger partial charge on any atom is -0.299 e. The van der Waals surface area contributed by atoms with Crippen molar-refractivity contribution >= 4 is 34.0 Å². The third-order valence-corrected chi connectivity index (χ3v) is 3.64. The maximum absolute atomic E-state index is 13.8. The monoisotopic (exact) mass is 339 g/mol. The molecule has 0 bridgehead atoms. The Labute approximate surface area is 131 Å². The predicted octanol–water partition coefficient (Wildman–Crippen LogP) is 1.62. The van der Waals surface area contributed by atoms with Crippen molar-refractivity contribution in [3.05, 3.63) is 35.4 Å². The van der Waals surface area contributed by atoms with E-state index >= 15 is 0 Å². The van der Waals surface area contributed by atoms with Crippen molar-refractivity contribution in [3.63, 3.8) is 0 Å². The van der Waals surface area contributed by atoms with Crippen LogP contribution >= 0.6 is 22.9 Å². The summed E-state index contributed by atoms with van der Waals surface area (Å²) in [5, 5.41) is 21.5. The van der Waals surface area contributed by atoms with E-state index in [4.69, 9.17) is 11.6 Å². The molecule has 1 aromatic carbocycles. The summed E-state index contributed by atoms with van der Waals surface area (Å²) >= 11 is 6.75. The van der Waals surface area contributed by atoms with Crippen LogP contribution in [0.2, 0.25) is 5.02 Å². The number of aromatic nitrogens is 6. The van der Waals surface area contributed by atoms with E-state index in [0.717, 1.165) is 11.3 Å². The van der Waals surface area contributed by atoms with Gasteiger partial charge in [0.2, 0.25) is 11.0 Å². The van der Waals surface area contributed by atoms with Gasteiger partial charge >= 0.3 is 0 Å². The average Bonchev–Trinajstić information content (AvgIpc) is 3.10. The predicted molar refractivity (Wildman–Crippen MR) is 76.8 cm³/mol. The van der Waals surface area contributed by atoms with Crippen LogP contribution in [-0.2, 0) is 11.3 Å². The number of hydrogen-bond acceptors (Lipinski definition) is 7. The second kappa shape index (κ2) is 6.12. The van der Waals surface area contributed by atoms with Gasteiger partial charge in [0.05, 0.1) is 0 Å². The van der Waals surface area contributed by atoms with Crippen molar-refractivity contribution in [2.45, 2.75) is 6.54 Å². The van der Waals surface area contributed by atoms with Crippen LogP contribution in [0.3, 0.4) is 0 Å². The Morgan fingerprint density at radius 1 is 1.41 bits per heavy atom. The second-order valence-electron chi connectivity index (χ2n) is 4.09. The summed E-state index contributed by atoms with van der Waals surface area (Å²) in [6.07, 6.45) is 1.31. The number of halogens is 2. The average molecular weight is 340 g/mol. The van der Waals surface area contributed by atoms with Crippen LogP contribution in [0.5, 0.6) is 0 Å². The van der Waals surface area contributed by atoms with Gasteiger partial charge in [-0.25, -0.2) is 9.07 Å². The first kappa shape index (κ1) is 14.5. The Balaban J connectivity index is 1.72. The van der Waals surface area contributed by atoms with E-state index in [0.29, 0.717) is 10.0 Å². The highest BCUT2D eigenvalue weighted by atomic mass is 35.5. The highest BCUT2D eigenvalue weighted by Crippen LogP contribution is 2.29. The molecule has 112 valence electrons. The number of tetrazole rings is 1. The number of carbonyl (C=O) groups is 1. The third kappa shape index (κ3) is 3.23. The van der Waals surface area contributed by atoms with Gasteiger partial charge in [-0.3, -0.25) is 10.1 Å². The van der Waals surface area contributed by atoms with Gasteiger partial charge in [-0.05, 0) is 28.6 Å². The van der Waals surface area contributed by atoms with Crippen LogP contribution in [-0.4, -0.2) is 36.3 Å². The van der Waals surface area contributed by atoms with E-state index in [1.165, 1.54) is 23.1 Å². The summed E-state index contributed by atoms with van der Waals surface area (Å²) < 4.78 is 15.1. The van der Waals surface area contributed by atoms with Crippen molar-refractivity contribution in [1.82, 2.24) is 30.4 Å². The quantitative estimate of drug-likeness (QED) is 0.775. The molecule has 1 N–H and O–H groups in total. The molecule has 8 nitrogen and oxygen atoms in total. The minimum absolute atomic E-state index is 0.0583. The highest BCUT2D eigenvalue weighted by molar-refractivity contribution is 7.18. The van der Waals surface area contributed by atoms with Crippen LogP contribution in [0, 0.1) is 5.82 Å². The molecule has 0 aliphatic heterocycles. The van der Waals surface area contributed by atoms with Gasteiger partial charge in [0.15, 0.2) is 5.01 Å². The zero-order valence-electron chi connectivity index (χ0n) is 10.8. The summed E-state index contributed by atoms with van der Waals surface area (Å²) in [6.45, 7) is -0.0583. The normalized spacial score (nSPS) is 10.6. The van der Waals surface area contributed by atoms with E-state index < -0.39 is 5.82 Å². The summed E-state index contributed by atoms with van der Waals surface area (Å²) in [7, 11) is 0. The molecular weight excluding hydrogens is 333 g/mol. The molecule has 3 aromatic rings. The van der Waals surface area contributed by atoms with Crippen LogP contribution < -0.4 is 5.32 Å². The number of carbonyl (C=O) groups excluding carboxylic acids is 1. The molecule has 0 saturated carbocycles. The van der Waals surface area contributed by atoms with Crippen molar-refractivity contribution in [3.8, 4) is 10.6 Å². The molecule has 0 radical (unpaired) electrons. The Morgan fingerprint density at radius 3 is 3.00 bits per heavy atom. The van der Waals surface area contributed by atoms with Gasteiger partial charge < -0.3 is 0 Å². The molecule has 11 heteroatoms. The number of benzene rings is 1. The van der Waals surface area contributed by atoms with E-state index in [1.807, 2.05) is 0 Å². The molecule has 0 atom stereocenters. The van der Waals surface area contributed by atoms with Crippen molar-refractivity contribution in [2.75, 3.05) is 5.32 Å². The molecule has 0 aliphatic carbocycles. The molecule has 1 amide bonds. The molecule has 0 aliphatic rings. The molecule has 2 heterocycles. The van der Waals surface area contributed by atoms with Gasteiger partial charge in [-0.1, -0.05) is 22.9 Å². The summed E-state index contributed by atoms with van der Waals surface area (Å²) in [5.41, 5.74) is 0.267. The second-order valence-corrected chi connectivity index (χ2v) is 5.51. The number of nitrogens with one attached hydrogen (secondary N) is 1. The molecule has 0 spiro atoms. The lowest BCUT2D eigenvalue weighted by molar-refractivity contribution is -0.116. The summed E-state index contributed by atoms with van der Waals surface area (Å²) in [6, 6.07) is 4.25. The largest absolute Gasteiger partial charge is 0.299 e. The van der Waals surface area contributed by atoms with E-state index in [2.05, 4.69) is 31.0 Å². The third-order valence-electron chi connectivity index (χ3n) is 2.53. The fourth-order valence-electron chi connectivity index (χ4n) is 1.60. The van der Waals surface area contributed by atoms with E-state index in [-0.39, 0.29) is 23.1 Å². The van der Waals surface area contributed by atoms with Gasteiger partial charge in [-0.2, -0.15) is 0 Å². The molecule has 0 unspecified atom stereocenters. The van der Waals surface area contributed by atoms with Crippen molar-refractivity contribution in [2.24, 2.45) is 0 Å². The van der Waals surface area contributed by atoms with Gasteiger partial charge in [0.1, 0.15) is 18.7 Å². The SMILES string of the molecule is O=C(Cn1cnnn1)Nc1nnc(-c2ccc(Cl)cc2F)s1. The molecular formula is C11H7ClFN7OS. The minimum atomic E-state index is -0.504. The first-order valence-corrected chi connectivity index (χ1v) is 7.11. The summed E-state index contributed by atoms with van der Waals surface area (Å²) in [4.78, 5) is 11.8. The number of anilines is 1. The number of amides is 1. The highest BCUT2D eigenvalue weighted by Gasteiger charge is 2.13. The summed E-state index contributed by atoms with van der Waals surface area (Å²) in [5.74, 6) is -0.873. The van der Waals surface area contributed by atoms with E-state index in [1.54, 1.807) is 6.07 Å². The topological polar surface area (TPSA) is 98.5 Å². The van der Waals surface area contributed by atoms with Crippen molar-refractivity contribution in [1.29, 1.82) is 0 Å². The van der Waals surface area contributed by atoms with Gasteiger partial charge in [0.25, 0.3) is 0 Å². The van der Waals surface area contributed by atoms with Crippen LogP contribution in [0.1, 0.15) is 0 Å². The standard InChI is InChI=1S/C11H7ClFN7OS/c12-6-1-2-7(8(13)3-6)10-16-17-11(22-10)15-9(21)4-20-5-14-18-19-20/h1-3,5H,4H2,(H,15,17,21). The first-order valence-electron chi connectivity index (χ1n) is 5.91. The Hall–Kier alpha value is -2.46. The lowest BCUT2D eigenvalue weighted by Crippen LogP contribution is -2.19. The van der Waals surface area contributed by atoms with Crippen molar-refractivity contribution < 1.29 is 9.18 Å². The lowest BCUT2D eigenvalue weighted by Gasteiger charge is -1.99. The van der Waals surface area contributed by atoms with Crippen LogP contribution in [0.4, 0.5) is 9.52 Å². The maximum atomic E-state index is 13.8. The van der Waals surface area contributed by atoms with Gasteiger partial charge in [0, 0.05) is 10.6 Å². The zero-order valence-corrected chi connectivity index (χ0v) is 12.3. The number of rotatable bonds is 4. The fourth-order valence-corrected chi connectivity index (χ4v) is 2.55. The molecule has 22 heavy (non-hydrogen) atoms. The first-order chi connectivity index (χ1) is 10.6. The van der Waals surface area contributed by atoms with E-state index in [9.17, 15) is 9.18 Å². The molecule has 0 fully saturated rings. The number of nitrogens with zero attached hydrogens (tertiary/aromatic N) is 6. The Kier molecular flexibility index (Phi) is 4.02. The van der Waals surface area contributed by atoms with Crippen LogP contribution in [0.25, 0.3) is 10.6 Å². The maximum Gasteiger partial charge on any atom is 0.248 e. The zero-order chi connectivity index (χ0) is 15.5. The van der Waals surface area contributed by atoms with Gasteiger partial charge in [-0.15, -0.1) is 15.3 Å². The molecule has 0 saturated heterocycles. The Morgan fingerprint density at radius 2 is 2.27 bits per heavy atom. The molecule has 3 rings (SSSR count).